The molecule has 0 spiro atoms. The van der Waals surface area contributed by atoms with E-state index in [1.165, 1.54) is 6.92 Å². The van der Waals surface area contributed by atoms with Gasteiger partial charge in [0.05, 0.1) is 4.92 Å². The molecule has 0 aromatic heterocycles. The van der Waals surface area contributed by atoms with Crippen molar-refractivity contribution in [3.8, 4) is 5.75 Å². The molecule has 0 aliphatic rings. The topological polar surface area (TPSA) is 78.7 Å². The van der Waals surface area contributed by atoms with Crippen LogP contribution in [0.3, 0.4) is 0 Å². The van der Waals surface area contributed by atoms with Gasteiger partial charge >= 0.3 is 11.7 Å². The molecule has 1 atom stereocenters. The van der Waals surface area contributed by atoms with Crippen molar-refractivity contribution in [3.05, 3.63) is 34.1 Å². The van der Waals surface area contributed by atoms with Crippen LogP contribution in [0.15, 0.2) is 18.2 Å². The summed E-state index contributed by atoms with van der Waals surface area (Å²) in [5, 5.41) is 10.8. The summed E-state index contributed by atoms with van der Waals surface area (Å²) in [7, 11) is 0. The van der Waals surface area contributed by atoms with Crippen molar-refractivity contribution in [1.29, 1.82) is 0 Å². The standard InChI is InChI=1S/C13H16FNO5/c1-8(12(16)20-13(2,3)4)19-11-7-9(14)5-6-10(11)15(17)18/h5-8H,1-4H3. The predicted molar refractivity (Wildman–Crippen MR) is 69.0 cm³/mol. The Bertz CT molecular complexity index is 524. The third kappa shape index (κ3) is 4.49. The molecule has 0 radical (unpaired) electrons. The maximum atomic E-state index is 13.1. The first-order valence-corrected chi connectivity index (χ1v) is 5.93. The van der Waals surface area contributed by atoms with E-state index in [1.54, 1.807) is 20.8 Å². The zero-order chi connectivity index (χ0) is 15.5. The fraction of sp³-hybridized carbons (Fsp3) is 0.462. The minimum atomic E-state index is -1.09. The van der Waals surface area contributed by atoms with E-state index in [2.05, 4.69) is 0 Å². The smallest absolute Gasteiger partial charge is 0.347 e. The number of nitrogens with zero attached hydrogens (tertiary/aromatic N) is 1. The number of rotatable bonds is 4. The number of hydrogen-bond donors (Lipinski definition) is 0. The lowest BCUT2D eigenvalue weighted by atomic mass is 10.2. The second-order valence-electron chi connectivity index (χ2n) is 5.16. The molecule has 7 heteroatoms. The fourth-order valence-electron chi connectivity index (χ4n) is 1.36. The Hall–Kier alpha value is -2.18. The molecule has 0 aliphatic heterocycles. The molecule has 1 rings (SSSR count). The van der Waals surface area contributed by atoms with Gasteiger partial charge in [-0.15, -0.1) is 0 Å². The Morgan fingerprint density at radius 2 is 2.00 bits per heavy atom. The monoisotopic (exact) mass is 285 g/mol. The number of benzene rings is 1. The van der Waals surface area contributed by atoms with Gasteiger partial charge in [-0.05, 0) is 33.8 Å². The average Bonchev–Trinajstić information content (AvgIpc) is 2.26. The Kier molecular flexibility index (Phi) is 4.65. The van der Waals surface area contributed by atoms with Gasteiger partial charge in [0.2, 0.25) is 5.75 Å². The molecule has 0 amide bonds. The van der Waals surface area contributed by atoms with E-state index in [0.717, 1.165) is 18.2 Å². The highest BCUT2D eigenvalue weighted by Crippen LogP contribution is 2.28. The first-order chi connectivity index (χ1) is 9.10. The second kappa shape index (κ2) is 5.85. The van der Waals surface area contributed by atoms with Gasteiger partial charge in [0, 0.05) is 12.1 Å². The number of hydrogen-bond acceptors (Lipinski definition) is 5. The van der Waals surface area contributed by atoms with Gasteiger partial charge in [0.25, 0.3) is 0 Å². The Morgan fingerprint density at radius 1 is 1.40 bits per heavy atom. The summed E-state index contributed by atoms with van der Waals surface area (Å²) >= 11 is 0. The summed E-state index contributed by atoms with van der Waals surface area (Å²) in [6.45, 7) is 6.43. The molecule has 110 valence electrons. The van der Waals surface area contributed by atoms with Crippen LogP contribution in [0.1, 0.15) is 27.7 Å². The van der Waals surface area contributed by atoms with Crippen LogP contribution in [0, 0.1) is 15.9 Å². The number of halogens is 1. The van der Waals surface area contributed by atoms with E-state index in [9.17, 15) is 19.3 Å². The molecule has 1 aromatic rings. The first kappa shape index (κ1) is 15.9. The first-order valence-electron chi connectivity index (χ1n) is 5.93. The van der Waals surface area contributed by atoms with Gasteiger partial charge in [0.1, 0.15) is 11.4 Å². The average molecular weight is 285 g/mol. The van der Waals surface area contributed by atoms with Gasteiger partial charge < -0.3 is 9.47 Å². The number of carbonyl (C=O) groups excluding carboxylic acids is 1. The Balaban J connectivity index is 2.90. The van der Waals surface area contributed by atoms with Gasteiger partial charge in [0.15, 0.2) is 6.10 Å². The van der Waals surface area contributed by atoms with Crippen LogP contribution in [-0.2, 0) is 9.53 Å². The molecular weight excluding hydrogens is 269 g/mol. The third-order valence-electron chi connectivity index (χ3n) is 2.16. The molecule has 1 aromatic carbocycles. The van der Waals surface area contributed by atoms with Gasteiger partial charge in [-0.1, -0.05) is 0 Å². The quantitative estimate of drug-likeness (QED) is 0.483. The van der Waals surface area contributed by atoms with E-state index in [-0.39, 0.29) is 5.75 Å². The number of nitro groups is 1. The van der Waals surface area contributed by atoms with Crippen molar-refractivity contribution < 1.29 is 23.6 Å². The van der Waals surface area contributed by atoms with Crippen molar-refractivity contribution in [1.82, 2.24) is 0 Å². The summed E-state index contributed by atoms with van der Waals surface area (Å²) in [6.07, 6.45) is -1.09. The lowest BCUT2D eigenvalue weighted by Gasteiger charge is -2.22. The predicted octanol–water partition coefficient (Wildman–Crippen LogP) is 2.84. The maximum absolute atomic E-state index is 13.1. The van der Waals surface area contributed by atoms with Crippen molar-refractivity contribution in [2.45, 2.75) is 39.4 Å². The molecule has 0 N–H and O–H groups in total. The van der Waals surface area contributed by atoms with Crippen molar-refractivity contribution >= 4 is 11.7 Å². The fourth-order valence-corrected chi connectivity index (χ4v) is 1.36. The highest BCUT2D eigenvalue weighted by molar-refractivity contribution is 5.75. The van der Waals surface area contributed by atoms with Crippen molar-refractivity contribution in [2.24, 2.45) is 0 Å². The van der Waals surface area contributed by atoms with Crippen molar-refractivity contribution in [3.63, 3.8) is 0 Å². The second-order valence-corrected chi connectivity index (χ2v) is 5.16. The summed E-state index contributed by atoms with van der Waals surface area (Å²) in [5.74, 6) is -1.69. The molecule has 0 aliphatic carbocycles. The Labute approximate surface area is 115 Å². The van der Waals surface area contributed by atoms with Gasteiger partial charge in [-0.2, -0.15) is 0 Å². The number of nitro benzene ring substituents is 1. The summed E-state index contributed by atoms with van der Waals surface area (Å²) in [6, 6.07) is 2.79. The van der Waals surface area contributed by atoms with Crippen molar-refractivity contribution in [2.75, 3.05) is 0 Å². The minimum Gasteiger partial charge on any atom is -0.472 e. The normalized spacial score (nSPS) is 12.7. The summed E-state index contributed by atoms with van der Waals surface area (Å²) in [4.78, 5) is 21.8. The largest absolute Gasteiger partial charge is 0.472 e. The van der Waals surface area contributed by atoms with Crippen LogP contribution in [-0.4, -0.2) is 22.6 Å². The molecule has 0 saturated heterocycles. The number of esters is 1. The van der Waals surface area contributed by atoms with Crippen LogP contribution in [0.5, 0.6) is 5.75 Å². The lowest BCUT2D eigenvalue weighted by molar-refractivity contribution is -0.386. The molecule has 0 bridgehead atoms. The maximum Gasteiger partial charge on any atom is 0.347 e. The van der Waals surface area contributed by atoms with E-state index >= 15 is 0 Å². The molecular formula is C13H16FNO5. The van der Waals surface area contributed by atoms with Crippen LogP contribution < -0.4 is 4.74 Å². The minimum absolute atomic E-state index is 0.312. The molecule has 6 nitrogen and oxygen atoms in total. The molecule has 0 heterocycles. The zero-order valence-corrected chi connectivity index (χ0v) is 11.7. The molecule has 1 unspecified atom stereocenters. The third-order valence-corrected chi connectivity index (χ3v) is 2.16. The molecule has 20 heavy (non-hydrogen) atoms. The van der Waals surface area contributed by atoms with Gasteiger partial charge in [-0.25, -0.2) is 9.18 Å². The highest BCUT2D eigenvalue weighted by atomic mass is 19.1. The molecule has 0 saturated carbocycles. The van der Waals surface area contributed by atoms with E-state index in [1.807, 2.05) is 0 Å². The van der Waals surface area contributed by atoms with Gasteiger partial charge in [-0.3, -0.25) is 10.1 Å². The number of ether oxygens (including phenoxy) is 2. The van der Waals surface area contributed by atoms with Crippen LogP contribution in [0.25, 0.3) is 0 Å². The summed E-state index contributed by atoms with van der Waals surface area (Å²) < 4.78 is 23.3. The van der Waals surface area contributed by atoms with Crippen LogP contribution in [0.4, 0.5) is 10.1 Å². The van der Waals surface area contributed by atoms with Crippen LogP contribution in [0.2, 0.25) is 0 Å². The highest BCUT2D eigenvalue weighted by Gasteiger charge is 2.26. The van der Waals surface area contributed by atoms with Crippen LogP contribution >= 0.6 is 0 Å². The number of carbonyl (C=O) groups is 1. The molecule has 0 fully saturated rings. The van der Waals surface area contributed by atoms with E-state index in [4.69, 9.17) is 9.47 Å². The summed E-state index contributed by atoms with van der Waals surface area (Å²) in [5.41, 5.74) is -1.12. The Morgan fingerprint density at radius 3 is 2.50 bits per heavy atom. The lowest BCUT2D eigenvalue weighted by Crippen LogP contribution is -2.33. The van der Waals surface area contributed by atoms with E-state index < -0.39 is 34.1 Å². The SMILES string of the molecule is CC(Oc1cc(F)ccc1[N+](=O)[O-])C(=O)OC(C)(C)C. The zero-order valence-electron chi connectivity index (χ0n) is 11.7. The van der Waals surface area contributed by atoms with E-state index in [0.29, 0.717) is 0 Å².